The van der Waals surface area contributed by atoms with Crippen LogP contribution in [0.1, 0.15) is 0 Å². The largest absolute Gasteiger partial charge is 0.373 e. The third-order valence-electron chi connectivity index (χ3n) is 2.69. The first-order valence-electron chi connectivity index (χ1n) is 5.58. The molecule has 0 saturated carbocycles. The zero-order valence-corrected chi connectivity index (χ0v) is 13.1. The second-order valence-electron chi connectivity index (χ2n) is 3.91. The predicted octanol–water partition coefficient (Wildman–Crippen LogP) is 4.82. The van der Waals surface area contributed by atoms with Gasteiger partial charge in [-0.15, -0.1) is 11.3 Å². The molecule has 3 nitrogen and oxygen atoms in total. The molecule has 1 aromatic carbocycles. The summed E-state index contributed by atoms with van der Waals surface area (Å²) in [5.41, 5.74) is 0.905. The summed E-state index contributed by atoms with van der Waals surface area (Å²) in [4.78, 5) is 10.1. The molecule has 0 aliphatic rings. The summed E-state index contributed by atoms with van der Waals surface area (Å²) in [6, 6.07) is 9.75. The van der Waals surface area contributed by atoms with Gasteiger partial charge in [-0.2, -0.15) is 0 Å². The van der Waals surface area contributed by atoms with E-state index >= 15 is 0 Å². The number of nitrogens with zero attached hydrogens (tertiary/aromatic N) is 2. The van der Waals surface area contributed by atoms with Gasteiger partial charge in [0.25, 0.3) is 0 Å². The van der Waals surface area contributed by atoms with E-state index in [0.717, 1.165) is 30.4 Å². The Balaban J connectivity index is 2.25. The fraction of sp³-hybridized carbons (Fsp3) is 0.0769. The van der Waals surface area contributed by atoms with Crippen LogP contribution in [0.5, 0.6) is 0 Å². The molecule has 0 aliphatic carbocycles. The zero-order chi connectivity index (χ0) is 13.4. The van der Waals surface area contributed by atoms with E-state index in [2.05, 4.69) is 31.2 Å². The van der Waals surface area contributed by atoms with Crippen molar-refractivity contribution < 1.29 is 0 Å². The van der Waals surface area contributed by atoms with Gasteiger partial charge in [0.1, 0.15) is 5.82 Å². The van der Waals surface area contributed by atoms with Gasteiger partial charge in [0, 0.05) is 16.9 Å². The molecule has 19 heavy (non-hydrogen) atoms. The van der Waals surface area contributed by atoms with Gasteiger partial charge in [-0.25, -0.2) is 9.97 Å². The molecule has 6 heteroatoms. The SMILES string of the molecule is CNc1nc(-c2ccc(Cl)s2)nc2ccc(Br)cc12. The number of hydrogen-bond donors (Lipinski definition) is 1. The molecule has 0 aliphatic heterocycles. The number of halogens is 2. The molecule has 3 rings (SSSR count). The van der Waals surface area contributed by atoms with E-state index < -0.39 is 0 Å². The normalized spacial score (nSPS) is 10.9. The van der Waals surface area contributed by atoms with Crippen molar-refractivity contribution in [1.82, 2.24) is 9.97 Å². The van der Waals surface area contributed by atoms with Crippen molar-refractivity contribution in [2.24, 2.45) is 0 Å². The molecular weight excluding hydrogens is 346 g/mol. The highest BCUT2D eigenvalue weighted by Crippen LogP contribution is 2.32. The summed E-state index contributed by atoms with van der Waals surface area (Å²) in [6.07, 6.45) is 0. The Morgan fingerprint density at radius 2 is 2.05 bits per heavy atom. The predicted molar refractivity (Wildman–Crippen MR) is 85.1 cm³/mol. The Morgan fingerprint density at radius 3 is 2.74 bits per heavy atom. The first kappa shape index (κ1) is 12.8. The second kappa shape index (κ2) is 5.07. The van der Waals surface area contributed by atoms with Crippen LogP contribution in [0.15, 0.2) is 34.8 Å². The Kier molecular flexibility index (Phi) is 3.43. The van der Waals surface area contributed by atoms with E-state index in [-0.39, 0.29) is 0 Å². The summed E-state index contributed by atoms with van der Waals surface area (Å²) < 4.78 is 1.74. The highest BCUT2D eigenvalue weighted by Gasteiger charge is 2.10. The van der Waals surface area contributed by atoms with Crippen LogP contribution < -0.4 is 5.32 Å². The second-order valence-corrected chi connectivity index (χ2v) is 6.54. The quantitative estimate of drug-likeness (QED) is 0.717. The van der Waals surface area contributed by atoms with Crippen molar-refractivity contribution in [3.05, 3.63) is 39.1 Å². The summed E-state index contributed by atoms with van der Waals surface area (Å²) in [5, 5.41) is 4.10. The van der Waals surface area contributed by atoms with Gasteiger partial charge in [0.2, 0.25) is 0 Å². The highest BCUT2D eigenvalue weighted by atomic mass is 79.9. The molecule has 0 unspecified atom stereocenters. The lowest BCUT2D eigenvalue weighted by Crippen LogP contribution is -1.98. The fourth-order valence-electron chi connectivity index (χ4n) is 1.84. The maximum atomic E-state index is 5.96. The molecule has 0 fully saturated rings. The zero-order valence-electron chi connectivity index (χ0n) is 9.95. The summed E-state index contributed by atoms with van der Waals surface area (Å²) in [5.74, 6) is 1.50. The van der Waals surface area contributed by atoms with Crippen LogP contribution in [0.25, 0.3) is 21.6 Å². The van der Waals surface area contributed by atoms with Crippen molar-refractivity contribution >= 4 is 55.6 Å². The number of thiophene rings is 1. The standard InChI is InChI=1S/C13H9BrClN3S/c1-16-12-8-6-7(14)2-3-9(8)17-13(18-12)10-4-5-11(15)19-10/h2-6H,1H3,(H,16,17,18). The Morgan fingerprint density at radius 1 is 1.21 bits per heavy atom. The van der Waals surface area contributed by atoms with Gasteiger partial charge in [0.05, 0.1) is 14.7 Å². The molecule has 0 spiro atoms. The van der Waals surface area contributed by atoms with E-state index in [9.17, 15) is 0 Å². The number of benzene rings is 1. The molecule has 0 saturated heterocycles. The first-order valence-corrected chi connectivity index (χ1v) is 7.57. The van der Waals surface area contributed by atoms with E-state index in [1.54, 1.807) is 0 Å². The number of anilines is 1. The summed E-state index contributed by atoms with van der Waals surface area (Å²) >= 11 is 10.9. The van der Waals surface area contributed by atoms with Crippen molar-refractivity contribution in [2.75, 3.05) is 12.4 Å². The molecule has 0 atom stereocenters. The van der Waals surface area contributed by atoms with E-state index in [1.165, 1.54) is 11.3 Å². The Bertz CT molecular complexity index is 757. The van der Waals surface area contributed by atoms with Gasteiger partial charge in [0.15, 0.2) is 5.82 Å². The van der Waals surface area contributed by atoms with Crippen LogP contribution in [0.4, 0.5) is 5.82 Å². The van der Waals surface area contributed by atoms with Gasteiger partial charge >= 0.3 is 0 Å². The molecular formula is C13H9BrClN3S. The maximum absolute atomic E-state index is 5.96. The first-order chi connectivity index (χ1) is 9.17. The van der Waals surface area contributed by atoms with Gasteiger partial charge in [-0.05, 0) is 30.3 Å². The lowest BCUT2D eigenvalue weighted by Gasteiger charge is -2.07. The number of nitrogens with one attached hydrogen (secondary N) is 1. The van der Waals surface area contributed by atoms with E-state index in [1.807, 2.05) is 37.4 Å². The summed E-state index contributed by atoms with van der Waals surface area (Å²) in [6.45, 7) is 0. The van der Waals surface area contributed by atoms with Crippen LogP contribution in [0.2, 0.25) is 4.34 Å². The van der Waals surface area contributed by atoms with Gasteiger partial charge < -0.3 is 5.32 Å². The lowest BCUT2D eigenvalue weighted by atomic mass is 10.2. The molecule has 96 valence electrons. The number of aromatic nitrogens is 2. The highest BCUT2D eigenvalue weighted by molar-refractivity contribution is 9.10. The van der Waals surface area contributed by atoms with Crippen molar-refractivity contribution in [1.29, 1.82) is 0 Å². The average Bonchev–Trinajstić information content (AvgIpc) is 2.84. The lowest BCUT2D eigenvalue weighted by molar-refractivity contribution is 1.22. The van der Waals surface area contributed by atoms with Crippen LogP contribution in [0.3, 0.4) is 0 Å². The average molecular weight is 355 g/mol. The van der Waals surface area contributed by atoms with Crippen molar-refractivity contribution in [2.45, 2.75) is 0 Å². The molecule has 0 radical (unpaired) electrons. The number of hydrogen-bond acceptors (Lipinski definition) is 4. The maximum Gasteiger partial charge on any atom is 0.172 e. The minimum atomic E-state index is 0.691. The molecule has 3 aromatic rings. The topological polar surface area (TPSA) is 37.8 Å². The summed E-state index contributed by atoms with van der Waals surface area (Å²) in [7, 11) is 1.86. The van der Waals surface area contributed by atoms with Gasteiger partial charge in [-0.1, -0.05) is 27.5 Å². The number of fused-ring (bicyclic) bond motifs is 1. The van der Waals surface area contributed by atoms with E-state index in [4.69, 9.17) is 11.6 Å². The Labute approximate surface area is 127 Å². The Hall–Kier alpha value is -1.17. The minimum Gasteiger partial charge on any atom is -0.373 e. The van der Waals surface area contributed by atoms with Crippen molar-refractivity contribution in [3.8, 4) is 10.7 Å². The minimum absolute atomic E-state index is 0.691. The molecule has 0 amide bonds. The third-order valence-corrected chi connectivity index (χ3v) is 4.41. The van der Waals surface area contributed by atoms with Gasteiger partial charge in [-0.3, -0.25) is 0 Å². The molecule has 2 heterocycles. The third kappa shape index (κ3) is 2.45. The molecule has 2 aromatic heterocycles. The monoisotopic (exact) mass is 353 g/mol. The number of rotatable bonds is 2. The van der Waals surface area contributed by atoms with Crippen molar-refractivity contribution in [3.63, 3.8) is 0 Å². The van der Waals surface area contributed by atoms with Crippen LogP contribution in [-0.4, -0.2) is 17.0 Å². The smallest absolute Gasteiger partial charge is 0.172 e. The van der Waals surface area contributed by atoms with Crippen LogP contribution in [0, 0.1) is 0 Å². The van der Waals surface area contributed by atoms with Crippen LogP contribution >= 0.6 is 38.9 Å². The van der Waals surface area contributed by atoms with E-state index in [0.29, 0.717) is 5.82 Å². The molecule has 0 bridgehead atoms. The molecule has 1 N–H and O–H groups in total. The van der Waals surface area contributed by atoms with Crippen LogP contribution in [-0.2, 0) is 0 Å². The fourth-order valence-corrected chi connectivity index (χ4v) is 3.17.